The number of hydrogen-bond acceptors (Lipinski definition) is 5. The van der Waals surface area contributed by atoms with Gasteiger partial charge in [0.15, 0.2) is 0 Å². The molecule has 1 atom stereocenters. The summed E-state index contributed by atoms with van der Waals surface area (Å²) in [6.07, 6.45) is 2.22. The highest BCUT2D eigenvalue weighted by Crippen LogP contribution is 2.29. The van der Waals surface area contributed by atoms with Crippen molar-refractivity contribution in [3.63, 3.8) is 0 Å². The molecule has 8 heteroatoms. The van der Waals surface area contributed by atoms with E-state index in [-0.39, 0.29) is 16.9 Å². The Hall–Kier alpha value is -4.82. The summed E-state index contributed by atoms with van der Waals surface area (Å²) >= 11 is 1.43. The number of amides is 3. The first kappa shape index (κ1) is 31.1. The lowest BCUT2D eigenvalue weighted by molar-refractivity contribution is -0.116. The number of nitrogens with one attached hydrogen (secondary N) is 3. The van der Waals surface area contributed by atoms with Gasteiger partial charge in [0.25, 0.3) is 11.8 Å². The van der Waals surface area contributed by atoms with Gasteiger partial charge in [-0.15, -0.1) is 11.8 Å². The molecule has 43 heavy (non-hydrogen) atoms. The minimum atomic E-state index is -0.492. The Balaban J connectivity index is 1.51. The minimum Gasteiger partial charge on any atom is -0.497 e. The molecule has 0 aliphatic rings. The lowest BCUT2D eigenvalue weighted by atomic mass is 10.1. The molecule has 4 rings (SSSR count). The normalized spacial score (nSPS) is 11.8. The van der Waals surface area contributed by atoms with Crippen LogP contribution in [0.1, 0.15) is 40.4 Å². The molecule has 0 spiro atoms. The van der Waals surface area contributed by atoms with Crippen molar-refractivity contribution in [3.05, 3.63) is 125 Å². The van der Waals surface area contributed by atoms with E-state index >= 15 is 0 Å². The zero-order valence-corrected chi connectivity index (χ0v) is 25.5. The Morgan fingerprint density at radius 3 is 2.23 bits per heavy atom. The Bertz CT molecular complexity index is 1620. The largest absolute Gasteiger partial charge is 0.497 e. The number of rotatable bonds is 11. The Morgan fingerprint density at radius 2 is 1.53 bits per heavy atom. The third kappa shape index (κ3) is 9.08. The number of aryl methyl sites for hydroxylation is 2. The molecule has 0 bridgehead atoms. The van der Waals surface area contributed by atoms with Crippen LogP contribution in [-0.4, -0.2) is 30.1 Å². The lowest BCUT2D eigenvalue weighted by Gasteiger charge is -2.16. The van der Waals surface area contributed by atoms with Crippen LogP contribution in [0.2, 0.25) is 0 Å². The second-order valence-corrected chi connectivity index (χ2v) is 11.3. The first-order chi connectivity index (χ1) is 20.7. The number of benzene rings is 4. The highest BCUT2D eigenvalue weighted by molar-refractivity contribution is 8.00. The quantitative estimate of drug-likeness (QED) is 0.126. The number of carbonyl (C=O) groups is 3. The number of hydrogen-bond donors (Lipinski definition) is 3. The fourth-order valence-electron chi connectivity index (χ4n) is 4.44. The average molecular weight is 594 g/mol. The van der Waals surface area contributed by atoms with Gasteiger partial charge in [0.2, 0.25) is 5.91 Å². The molecule has 0 saturated carbocycles. The molecule has 0 saturated heterocycles. The van der Waals surface area contributed by atoms with Gasteiger partial charge in [-0.2, -0.15) is 0 Å². The van der Waals surface area contributed by atoms with Crippen LogP contribution in [0.3, 0.4) is 0 Å². The van der Waals surface area contributed by atoms with Crippen molar-refractivity contribution in [3.8, 4) is 5.75 Å². The van der Waals surface area contributed by atoms with Crippen molar-refractivity contribution in [1.29, 1.82) is 0 Å². The second-order valence-electron chi connectivity index (χ2n) is 10.0. The summed E-state index contributed by atoms with van der Waals surface area (Å²) in [6, 6.07) is 29.1. The van der Waals surface area contributed by atoms with Gasteiger partial charge in [-0.25, -0.2) is 0 Å². The van der Waals surface area contributed by atoms with E-state index in [9.17, 15) is 14.4 Å². The zero-order chi connectivity index (χ0) is 30.8. The topological polar surface area (TPSA) is 96.5 Å². The van der Waals surface area contributed by atoms with Crippen LogP contribution in [0.5, 0.6) is 5.75 Å². The van der Waals surface area contributed by atoms with E-state index in [1.54, 1.807) is 61.7 Å². The third-order valence-electron chi connectivity index (χ3n) is 6.46. The van der Waals surface area contributed by atoms with Crippen LogP contribution in [0.25, 0.3) is 6.08 Å². The van der Waals surface area contributed by atoms with Gasteiger partial charge < -0.3 is 20.7 Å². The maximum atomic E-state index is 13.5. The molecule has 0 fully saturated rings. The van der Waals surface area contributed by atoms with E-state index in [0.717, 1.165) is 21.7 Å². The van der Waals surface area contributed by atoms with Gasteiger partial charge >= 0.3 is 0 Å². The van der Waals surface area contributed by atoms with Crippen LogP contribution >= 0.6 is 11.8 Å². The number of anilines is 2. The molecule has 4 aromatic rings. The SMILES string of the molecule is CCC(Sc1cccc(NC(=O)/C(=C/c2cccc(OC)c2)NC(=O)c2ccccc2)c1)C(=O)Nc1cc(C)cc(C)c1. The number of methoxy groups -OCH3 is 1. The van der Waals surface area contributed by atoms with Gasteiger partial charge in [-0.3, -0.25) is 14.4 Å². The maximum absolute atomic E-state index is 13.5. The number of thioether (sulfide) groups is 1. The van der Waals surface area contributed by atoms with Crippen molar-refractivity contribution in [1.82, 2.24) is 5.32 Å². The fraction of sp³-hybridized carbons (Fsp3) is 0.171. The van der Waals surface area contributed by atoms with Crippen LogP contribution < -0.4 is 20.7 Å². The average Bonchev–Trinajstić information content (AvgIpc) is 2.99. The molecular weight excluding hydrogens is 558 g/mol. The molecule has 0 heterocycles. The van der Waals surface area contributed by atoms with Gasteiger partial charge in [0.1, 0.15) is 11.4 Å². The fourth-order valence-corrected chi connectivity index (χ4v) is 5.46. The highest BCUT2D eigenvalue weighted by Gasteiger charge is 2.20. The predicted octanol–water partition coefficient (Wildman–Crippen LogP) is 7.23. The van der Waals surface area contributed by atoms with Crippen molar-refractivity contribution < 1.29 is 19.1 Å². The molecular formula is C35H35N3O4S. The maximum Gasteiger partial charge on any atom is 0.272 e. The molecule has 0 aromatic heterocycles. The molecule has 3 amide bonds. The molecule has 3 N–H and O–H groups in total. The monoisotopic (exact) mass is 593 g/mol. The van der Waals surface area contributed by atoms with Gasteiger partial charge in [-0.1, -0.05) is 49.4 Å². The predicted molar refractivity (Wildman–Crippen MR) is 174 cm³/mol. The summed E-state index contributed by atoms with van der Waals surface area (Å²) in [4.78, 5) is 40.4. The lowest BCUT2D eigenvalue weighted by Crippen LogP contribution is -2.30. The van der Waals surface area contributed by atoms with Crippen LogP contribution in [0.15, 0.2) is 108 Å². The van der Waals surface area contributed by atoms with E-state index in [4.69, 9.17) is 4.74 Å². The van der Waals surface area contributed by atoms with E-state index in [0.29, 0.717) is 29.0 Å². The number of ether oxygens (including phenoxy) is 1. The molecule has 220 valence electrons. The van der Waals surface area contributed by atoms with Crippen molar-refractivity contribution in [2.75, 3.05) is 17.7 Å². The summed E-state index contributed by atoms with van der Waals surface area (Å²) in [5.41, 5.74) is 4.65. The standard InChI is InChI=1S/C35H35N3O4S/c1-5-32(35(41)37-28-18-23(2)17-24(3)19-28)43-30-16-10-14-27(22-30)36-34(40)31(21-25-11-9-15-29(20-25)42-4)38-33(39)26-12-7-6-8-13-26/h6-22,32H,5H2,1-4H3,(H,36,40)(H,37,41)(H,38,39)/b31-21-. The van der Waals surface area contributed by atoms with Crippen molar-refractivity contribution in [2.24, 2.45) is 0 Å². The summed E-state index contributed by atoms with van der Waals surface area (Å²) in [7, 11) is 1.56. The minimum absolute atomic E-state index is 0.0689. The zero-order valence-electron chi connectivity index (χ0n) is 24.6. The second kappa shape index (κ2) is 14.9. The Morgan fingerprint density at radius 1 is 0.814 bits per heavy atom. The smallest absolute Gasteiger partial charge is 0.272 e. The van der Waals surface area contributed by atoms with E-state index in [1.807, 2.05) is 63.2 Å². The highest BCUT2D eigenvalue weighted by atomic mass is 32.2. The summed E-state index contributed by atoms with van der Waals surface area (Å²) in [5, 5.41) is 8.35. The Labute approximate surface area is 256 Å². The summed E-state index contributed by atoms with van der Waals surface area (Å²) in [5.74, 6) is -0.359. The molecule has 0 aliphatic heterocycles. The van der Waals surface area contributed by atoms with Gasteiger partial charge in [-0.05, 0) is 97.6 Å². The molecule has 7 nitrogen and oxygen atoms in total. The van der Waals surface area contributed by atoms with Crippen molar-refractivity contribution in [2.45, 2.75) is 37.3 Å². The van der Waals surface area contributed by atoms with Crippen LogP contribution in [-0.2, 0) is 9.59 Å². The van der Waals surface area contributed by atoms with E-state index < -0.39 is 11.8 Å². The van der Waals surface area contributed by atoms with Crippen LogP contribution in [0.4, 0.5) is 11.4 Å². The first-order valence-corrected chi connectivity index (χ1v) is 14.8. The third-order valence-corrected chi connectivity index (χ3v) is 7.81. The van der Waals surface area contributed by atoms with Gasteiger partial charge in [0, 0.05) is 21.8 Å². The van der Waals surface area contributed by atoms with E-state index in [1.165, 1.54) is 11.8 Å². The van der Waals surface area contributed by atoms with Crippen molar-refractivity contribution >= 4 is 46.9 Å². The van der Waals surface area contributed by atoms with E-state index in [2.05, 4.69) is 22.0 Å². The van der Waals surface area contributed by atoms with Crippen LogP contribution in [0, 0.1) is 13.8 Å². The molecule has 4 aromatic carbocycles. The van der Waals surface area contributed by atoms with Gasteiger partial charge in [0.05, 0.1) is 12.4 Å². The first-order valence-electron chi connectivity index (χ1n) is 13.9. The summed E-state index contributed by atoms with van der Waals surface area (Å²) in [6.45, 7) is 5.97. The number of carbonyl (C=O) groups excluding carboxylic acids is 3. The summed E-state index contributed by atoms with van der Waals surface area (Å²) < 4.78 is 5.31. The molecule has 0 aliphatic carbocycles. The molecule has 1 unspecified atom stereocenters. The Kier molecular flexibility index (Phi) is 10.8. The molecule has 0 radical (unpaired) electrons.